The topological polar surface area (TPSA) is 49.3 Å². The van der Waals surface area contributed by atoms with E-state index in [0.717, 1.165) is 36.8 Å². The van der Waals surface area contributed by atoms with Crippen LogP contribution in [-0.4, -0.2) is 21.9 Å². The van der Waals surface area contributed by atoms with Gasteiger partial charge in [0.05, 0.1) is 0 Å². The molecule has 0 saturated carbocycles. The van der Waals surface area contributed by atoms with Gasteiger partial charge in [0.25, 0.3) is 0 Å². The van der Waals surface area contributed by atoms with E-state index >= 15 is 0 Å². The number of hydrogen-bond donors (Lipinski definition) is 2. The molecule has 0 bridgehead atoms. The Bertz CT molecular complexity index is 762. The lowest BCUT2D eigenvalue weighted by Crippen LogP contribution is -2.48. The monoisotopic (exact) mass is 397 g/mol. The van der Waals surface area contributed by atoms with Gasteiger partial charge in [0.1, 0.15) is 10.9 Å². The van der Waals surface area contributed by atoms with E-state index in [0.29, 0.717) is 0 Å². The summed E-state index contributed by atoms with van der Waals surface area (Å²) in [6.45, 7) is 8.40. The summed E-state index contributed by atoms with van der Waals surface area (Å²) in [5, 5.41) is 13.3. The zero-order chi connectivity index (χ0) is 20.4. The molecule has 1 atom stereocenters. The lowest BCUT2D eigenvalue weighted by Gasteiger charge is -2.31. The molecule has 1 fully saturated rings. The van der Waals surface area contributed by atoms with Crippen molar-refractivity contribution in [2.45, 2.75) is 69.0 Å². The first-order chi connectivity index (χ1) is 13.3. The molecule has 3 nitrogen and oxygen atoms in total. The number of aryl methyl sites for hydroxylation is 2. The number of nitrogens with one attached hydrogen (secondary N) is 1. The molecule has 1 heterocycles. The smallest absolute Gasteiger partial charge is 0.322 e. The second kappa shape index (κ2) is 8.30. The molecule has 0 aromatic heterocycles. The number of hydrogen-bond acceptors (Lipinski definition) is 3. The summed E-state index contributed by atoms with van der Waals surface area (Å²) in [5.74, 6) is -0.801. The Morgan fingerprint density at radius 2 is 1.36 bits per heavy atom. The van der Waals surface area contributed by atoms with E-state index in [9.17, 15) is 9.90 Å². The van der Waals surface area contributed by atoms with Crippen molar-refractivity contribution in [3.8, 4) is 0 Å². The number of carbonyl (C=O) groups is 1. The minimum Gasteiger partial charge on any atom is -0.480 e. The van der Waals surface area contributed by atoms with Crippen LogP contribution in [0.4, 0.5) is 0 Å². The molecule has 1 saturated heterocycles. The maximum absolute atomic E-state index is 12.0. The largest absolute Gasteiger partial charge is 0.480 e. The van der Waals surface area contributed by atoms with E-state index in [2.05, 4.69) is 67.7 Å². The van der Waals surface area contributed by atoms with Crippen LogP contribution in [0.2, 0.25) is 0 Å². The maximum atomic E-state index is 12.0. The Balaban J connectivity index is 2.08. The van der Waals surface area contributed by atoms with Gasteiger partial charge in [-0.25, -0.2) is 0 Å². The molecule has 4 heteroatoms. The van der Waals surface area contributed by atoms with Crippen LogP contribution in [0.5, 0.6) is 0 Å². The van der Waals surface area contributed by atoms with E-state index in [1.54, 1.807) is 11.8 Å². The summed E-state index contributed by atoms with van der Waals surface area (Å²) in [5.41, 5.74) is 4.85. The van der Waals surface area contributed by atoms with Gasteiger partial charge in [0, 0.05) is 4.75 Å². The summed E-state index contributed by atoms with van der Waals surface area (Å²) >= 11 is 1.70. The zero-order valence-corrected chi connectivity index (χ0v) is 18.1. The number of benzene rings is 2. The molecule has 1 aliphatic rings. The van der Waals surface area contributed by atoms with Crippen LogP contribution in [-0.2, 0) is 22.5 Å². The van der Waals surface area contributed by atoms with Gasteiger partial charge in [-0.05, 0) is 48.9 Å². The molecule has 2 N–H and O–H groups in total. The third-order valence-corrected chi connectivity index (χ3v) is 7.16. The van der Waals surface area contributed by atoms with Crippen LogP contribution in [0.1, 0.15) is 62.8 Å². The average Bonchev–Trinajstić information content (AvgIpc) is 2.96. The van der Waals surface area contributed by atoms with Crippen LogP contribution < -0.4 is 5.32 Å². The molecule has 1 unspecified atom stereocenters. The highest BCUT2D eigenvalue weighted by Gasteiger charge is 2.54. The minimum absolute atomic E-state index is 0.435. The van der Waals surface area contributed by atoms with Gasteiger partial charge in [0.2, 0.25) is 0 Å². The van der Waals surface area contributed by atoms with Crippen molar-refractivity contribution in [2.24, 2.45) is 0 Å². The fraction of sp³-hybridized carbons (Fsp3) is 0.458. The van der Waals surface area contributed by atoms with Gasteiger partial charge in [0.15, 0.2) is 0 Å². The van der Waals surface area contributed by atoms with E-state index in [1.165, 1.54) is 11.1 Å². The maximum Gasteiger partial charge on any atom is 0.322 e. The molecular formula is C24H31NO2S. The standard InChI is InChI=1S/C24H31NO2S/c1-5-7-17-9-13-19(14-10-17)24(20-15-11-18(8-6-2)12-16-20)25-21(22(26)27)23(3,4)28-24/h9-16,21,25H,5-8H2,1-4H3,(H,26,27). The lowest BCUT2D eigenvalue weighted by molar-refractivity contribution is -0.140. The van der Waals surface area contributed by atoms with Crippen LogP contribution in [0, 0.1) is 0 Å². The first-order valence-corrected chi connectivity index (χ1v) is 11.0. The molecule has 2 aromatic rings. The SMILES string of the molecule is CCCc1ccc(C2(c3ccc(CCC)cc3)NC(C(=O)O)C(C)(C)S2)cc1. The van der Waals surface area contributed by atoms with Gasteiger partial charge >= 0.3 is 5.97 Å². The quantitative estimate of drug-likeness (QED) is 0.660. The van der Waals surface area contributed by atoms with Crippen molar-refractivity contribution < 1.29 is 9.90 Å². The number of rotatable bonds is 7. The van der Waals surface area contributed by atoms with Gasteiger partial charge in [-0.1, -0.05) is 75.2 Å². The molecule has 28 heavy (non-hydrogen) atoms. The lowest BCUT2D eigenvalue weighted by atomic mass is 9.93. The van der Waals surface area contributed by atoms with Crippen molar-refractivity contribution >= 4 is 17.7 Å². The van der Waals surface area contributed by atoms with Crippen LogP contribution >= 0.6 is 11.8 Å². The third-order valence-electron chi connectivity index (χ3n) is 5.50. The van der Waals surface area contributed by atoms with Crippen molar-refractivity contribution in [2.75, 3.05) is 0 Å². The second-order valence-electron chi connectivity index (χ2n) is 8.20. The van der Waals surface area contributed by atoms with E-state index < -0.39 is 21.6 Å². The highest BCUT2D eigenvalue weighted by atomic mass is 32.2. The fourth-order valence-electron chi connectivity index (χ4n) is 4.06. The Hall–Kier alpha value is -1.78. The van der Waals surface area contributed by atoms with Crippen molar-refractivity contribution in [3.05, 3.63) is 70.8 Å². The van der Waals surface area contributed by atoms with Crippen LogP contribution in [0.15, 0.2) is 48.5 Å². The molecule has 150 valence electrons. The first kappa shape index (κ1) is 20.9. The highest BCUT2D eigenvalue weighted by molar-refractivity contribution is 8.02. The minimum atomic E-state index is -0.801. The Labute approximate surface area is 172 Å². The molecule has 0 aliphatic carbocycles. The molecule has 1 aliphatic heterocycles. The molecule has 0 amide bonds. The van der Waals surface area contributed by atoms with Crippen molar-refractivity contribution in [1.82, 2.24) is 5.32 Å². The third kappa shape index (κ3) is 3.99. The molecule has 3 rings (SSSR count). The number of thioether (sulfide) groups is 1. The van der Waals surface area contributed by atoms with Crippen molar-refractivity contribution in [3.63, 3.8) is 0 Å². The summed E-state index contributed by atoms with van der Waals surface area (Å²) in [7, 11) is 0. The number of carboxylic acids is 1. The average molecular weight is 398 g/mol. The predicted molar refractivity (Wildman–Crippen MR) is 118 cm³/mol. The summed E-state index contributed by atoms with van der Waals surface area (Å²) in [6, 6.07) is 16.7. The van der Waals surface area contributed by atoms with E-state index in [4.69, 9.17) is 0 Å². The zero-order valence-electron chi connectivity index (χ0n) is 17.3. The number of aliphatic carboxylic acids is 1. The van der Waals surface area contributed by atoms with Crippen molar-refractivity contribution in [1.29, 1.82) is 0 Å². The second-order valence-corrected chi connectivity index (χ2v) is 10.1. The van der Waals surface area contributed by atoms with Gasteiger partial charge in [-0.3, -0.25) is 10.1 Å². The van der Waals surface area contributed by atoms with Crippen LogP contribution in [0.25, 0.3) is 0 Å². The normalized spacial score (nSPS) is 20.2. The first-order valence-electron chi connectivity index (χ1n) is 10.2. The van der Waals surface area contributed by atoms with Gasteiger partial charge in [-0.2, -0.15) is 0 Å². The molecule has 2 aromatic carbocycles. The van der Waals surface area contributed by atoms with E-state index in [1.807, 2.05) is 13.8 Å². The van der Waals surface area contributed by atoms with Gasteiger partial charge in [-0.15, -0.1) is 11.8 Å². The summed E-state index contributed by atoms with van der Waals surface area (Å²) < 4.78 is -0.435. The summed E-state index contributed by atoms with van der Waals surface area (Å²) in [6.07, 6.45) is 4.35. The Kier molecular flexibility index (Phi) is 6.21. The van der Waals surface area contributed by atoms with Crippen LogP contribution in [0.3, 0.4) is 0 Å². The highest BCUT2D eigenvalue weighted by Crippen LogP contribution is 2.53. The Morgan fingerprint density at radius 1 is 0.929 bits per heavy atom. The predicted octanol–water partition coefficient (Wildman–Crippen LogP) is 5.36. The molecular weight excluding hydrogens is 366 g/mol. The molecule has 0 radical (unpaired) electrons. The Morgan fingerprint density at radius 3 is 1.68 bits per heavy atom. The fourth-order valence-corrected chi connectivity index (χ4v) is 5.81. The van der Waals surface area contributed by atoms with Gasteiger partial charge < -0.3 is 5.11 Å². The summed E-state index contributed by atoms with van der Waals surface area (Å²) in [4.78, 5) is 11.4. The van der Waals surface area contributed by atoms with E-state index in [-0.39, 0.29) is 0 Å². The number of carboxylic acid groups (broad SMARTS) is 1. The molecule has 0 spiro atoms.